The summed E-state index contributed by atoms with van der Waals surface area (Å²) >= 11 is 6.50. The van der Waals surface area contributed by atoms with Crippen LogP contribution in [0, 0.1) is 6.92 Å². The molecule has 110 valence electrons. The van der Waals surface area contributed by atoms with E-state index < -0.39 is 0 Å². The van der Waals surface area contributed by atoms with Crippen molar-refractivity contribution >= 4 is 17.3 Å². The van der Waals surface area contributed by atoms with Gasteiger partial charge in [-0.3, -0.25) is 0 Å². The summed E-state index contributed by atoms with van der Waals surface area (Å²) in [6, 6.07) is 19.0. The second-order valence-electron chi connectivity index (χ2n) is 4.81. The fourth-order valence-corrected chi connectivity index (χ4v) is 2.72. The van der Waals surface area contributed by atoms with Gasteiger partial charge in [0.2, 0.25) is 0 Å². The third-order valence-electron chi connectivity index (χ3n) is 3.39. The van der Waals surface area contributed by atoms with Gasteiger partial charge in [0.25, 0.3) is 0 Å². The highest BCUT2D eigenvalue weighted by Crippen LogP contribution is 2.26. The topological polar surface area (TPSA) is 50.4 Å². The number of benzene rings is 2. The maximum Gasteiger partial charge on any atom is 0.142 e. The Morgan fingerprint density at radius 1 is 1.05 bits per heavy atom. The Balaban J connectivity index is 2.15. The Bertz CT molecular complexity index is 811. The van der Waals surface area contributed by atoms with E-state index in [1.807, 2.05) is 67.6 Å². The highest BCUT2D eigenvalue weighted by molar-refractivity contribution is 6.35. The Kier molecular flexibility index (Phi) is 3.94. The number of para-hydroxylation sites is 1. The molecule has 5 heteroatoms. The van der Waals surface area contributed by atoms with Gasteiger partial charge in [0.1, 0.15) is 10.9 Å². The van der Waals surface area contributed by atoms with Crippen molar-refractivity contribution in [2.24, 2.45) is 5.16 Å². The van der Waals surface area contributed by atoms with E-state index in [0.29, 0.717) is 22.1 Å². The largest absolute Gasteiger partial charge is 0.410 e. The maximum atomic E-state index is 9.45. The van der Waals surface area contributed by atoms with E-state index in [4.69, 9.17) is 11.6 Å². The molecule has 0 radical (unpaired) electrons. The Labute approximate surface area is 133 Å². The van der Waals surface area contributed by atoms with Gasteiger partial charge in [0.15, 0.2) is 0 Å². The van der Waals surface area contributed by atoms with Crippen LogP contribution in [0.5, 0.6) is 0 Å². The van der Waals surface area contributed by atoms with Crippen LogP contribution in [0.15, 0.2) is 65.8 Å². The number of nitrogens with zero attached hydrogens (tertiary/aromatic N) is 3. The van der Waals surface area contributed by atoms with Gasteiger partial charge in [0.05, 0.1) is 16.9 Å². The molecular formula is C17H14ClN3O. The molecular weight excluding hydrogens is 298 g/mol. The van der Waals surface area contributed by atoms with Crippen LogP contribution in [-0.2, 0) is 0 Å². The molecule has 0 aliphatic rings. The first-order chi connectivity index (χ1) is 10.7. The van der Waals surface area contributed by atoms with Crippen molar-refractivity contribution in [3.63, 3.8) is 0 Å². The van der Waals surface area contributed by atoms with E-state index in [9.17, 15) is 5.21 Å². The molecule has 3 rings (SSSR count). The molecule has 0 saturated heterocycles. The van der Waals surface area contributed by atoms with Crippen molar-refractivity contribution in [3.05, 3.63) is 82.6 Å². The minimum atomic E-state index is 0.408. The van der Waals surface area contributed by atoms with Gasteiger partial charge in [-0.15, -0.1) is 0 Å². The number of aromatic nitrogens is 2. The SMILES string of the molecule is Cc1nn(-c2ccccc2)c(Cl)c1/C(=N\O)c1ccccc1. The fraction of sp³-hybridized carbons (Fsp3) is 0.0588. The zero-order valence-corrected chi connectivity index (χ0v) is 12.7. The normalized spacial score (nSPS) is 11.6. The summed E-state index contributed by atoms with van der Waals surface area (Å²) in [5.41, 5.74) is 3.37. The molecule has 1 N–H and O–H groups in total. The van der Waals surface area contributed by atoms with E-state index in [0.717, 1.165) is 11.3 Å². The lowest BCUT2D eigenvalue weighted by molar-refractivity contribution is 0.319. The molecule has 0 saturated carbocycles. The second kappa shape index (κ2) is 6.03. The summed E-state index contributed by atoms with van der Waals surface area (Å²) < 4.78 is 1.64. The third-order valence-corrected chi connectivity index (χ3v) is 3.74. The van der Waals surface area contributed by atoms with Crippen molar-refractivity contribution in [2.45, 2.75) is 6.92 Å². The molecule has 1 heterocycles. The minimum absolute atomic E-state index is 0.408. The summed E-state index contributed by atoms with van der Waals surface area (Å²) in [4.78, 5) is 0. The summed E-state index contributed by atoms with van der Waals surface area (Å²) in [6.45, 7) is 1.84. The monoisotopic (exact) mass is 311 g/mol. The molecule has 0 atom stereocenters. The van der Waals surface area contributed by atoms with Crippen LogP contribution < -0.4 is 0 Å². The van der Waals surface area contributed by atoms with Crippen LogP contribution in [0.1, 0.15) is 16.8 Å². The van der Waals surface area contributed by atoms with Crippen LogP contribution in [0.3, 0.4) is 0 Å². The van der Waals surface area contributed by atoms with Crippen molar-refractivity contribution in [1.29, 1.82) is 0 Å². The van der Waals surface area contributed by atoms with Gasteiger partial charge in [0, 0.05) is 5.56 Å². The molecule has 0 bridgehead atoms. The van der Waals surface area contributed by atoms with Gasteiger partial charge >= 0.3 is 0 Å². The van der Waals surface area contributed by atoms with Crippen LogP contribution in [-0.4, -0.2) is 20.7 Å². The van der Waals surface area contributed by atoms with Crippen LogP contribution >= 0.6 is 11.6 Å². The van der Waals surface area contributed by atoms with Crippen molar-refractivity contribution in [3.8, 4) is 5.69 Å². The molecule has 2 aromatic carbocycles. The molecule has 0 fully saturated rings. The number of aryl methyl sites for hydroxylation is 1. The van der Waals surface area contributed by atoms with Crippen LogP contribution in [0.2, 0.25) is 5.15 Å². The number of rotatable bonds is 3. The predicted octanol–water partition coefficient (Wildman–Crippen LogP) is 4.06. The lowest BCUT2D eigenvalue weighted by Gasteiger charge is -2.05. The zero-order chi connectivity index (χ0) is 15.5. The first-order valence-electron chi connectivity index (χ1n) is 6.80. The van der Waals surface area contributed by atoms with Crippen LogP contribution in [0.25, 0.3) is 5.69 Å². The Morgan fingerprint density at radius 2 is 1.64 bits per heavy atom. The average molecular weight is 312 g/mol. The quantitative estimate of drug-likeness (QED) is 0.450. The second-order valence-corrected chi connectivity index (χ2v) is 5.17. The molecule has 22 heavy (non-hydrogen) atoms. The summed E-state index contributed by atoms with van der Waals surface area (Å²) in [5, 5.41) is 17.8. The van der Waals surface area contributed by atoms with Crippen molar-refractivity contribution in [2.75, 3.05) is 0 Å². The molecule has 0 spiro atoms. The first kappa shape index (κ1) is 14.4. The third kappa shape index (κ3) is 2.49. The highest BCUT2D eigenvalue weighted by Gasteiger charge is 2.21. The fourth-order valence-electron chi connectivity index (χ4n) is 2.36. The lowest BCUT2D eigenvalue weighted by atomic mass is 10.0. The van der Waals surface area contributed by atoms with E-state index in [-0.39, 0.29) is 0 Å². The smallest absolute Gasteiger partial charge is 0.142 e. The lowest BCUT2D eigenvalue weighted by Crippen LogP contribution is -2.05. The van der Waals surface area contributed by atoms with Gasteiger partial charge in [-0.25, -0.2) is 4.68 Å². The summed E-state index contributed by atoms with van der Waals surface area (Å²) in [5.74, 6) is 0. The van der Waals surface area contributed by atoms with E-state index in [1.165, 1.54) is 0 Å². The van der Waals surface area contributed by atoms with Crippen molar-refractivity contribution < 1.29 is 5.21 Å². The molecule has 4 nitrogen and oxygen atoms in total. The summed E-state index contributed by atoms with van der Waals surface area (Å²) in [6.07, 6.45) is 0. The number of halogens is 1. The highest BCUT2D eigenvalue weighted by atomic mass is 35.5. The van der Waals surface area contributed by atoms with Gasteiger partial charge < -0.3 is 5.21 Å². The summed E-state index contributed by atoms with van der Waals surface area (Å²) in [7, 11) is 0. The molecule has 0 amide bonds. The predicted molar refractivity (Wildman–Crippen MR) is 87.2 cm³/mol. The molecule has 3 aromatic rings. The number of oxime groups is 1. The first-order valence-corrected chi connectivity index (χ1v) is 7.18. The Hall–Kier alpha value is -2.59. The van der Waals surface area contributed by atoms with Crippen molar-refractivity contribution in [1.82, 2.24) is 9.78 Å². The van der Waals surface area contributed by atoms with Gasteiger partial charge in [-0.05, 0) is 19.1 Å². The number of hydrogen-bond donors (Lipinski definition) is 1. The van der Waals surface area contributed by atoms with Gasteiger partial charge in [-0.1, -0.05) is 65.3 Å². The van der Waals surface area contributed by atoms with Gasteiger partial charge in [-0.2, -0.15) is 5.10 Å². The standard InChI is InChI=1S/C17H14ClN3O/c1-12-15(16(20-22)13-8-4-2-5-9-13)17(18)21(19-12)14-10-6-3-7-11-14/h2-11,22H,1H3/b20-16-. The molecule has 1 aromatic heterocycles. The van der Waals surface area contributed by atoms with Crippen LogP contribution in [0.4, 0.5) is 0 Å². The van der Waals surface area contributed by atoms with E-state index >= 15 is 0 Å². The Morgan fingerprint density at radius 3 is 2.23 bits per heavy atom. The number of hydrogen-bond acceptors (Lipinski definition) is 3. The minimum Gasteiger partial charge on any atom is -0.410 e. The molecule has 0 aliphatic carbocycles. The zero-order valence-electron chi connectivity index (χ0n) is 11.9. The molecule has 0 aliphatic heterocycles. The van der Waals surface area contributed by atoms with E-state index in [2.05, 4.69) is 10.3 Å². The van der Waals surface area contributed by atoms with E-state index in [1.54, 1.807) is 4.68 Å². The maximum absolute atomic E-state index is 9.45. The average Bonchev–Trinajstić information content (AvgIpc) is 2.86. The molecule has 0 unspecified atom stereocenters.